The van der Waals surface area contributed by atoms with Gasteiger partial charge in [0.1, 0.15) is 0 Å². The van der Waals surface area contributed by atoms with Crippen LogP contribution >= 0.6 is 11.3 Å². The lowest BCUT2D eigenvalue weighted by atomic mass is 10.1. The van der Waals surface area contributed by atoms with Crippen LogP contribution < -0.4 is 0 Å². The maximum Gasteiger partial charge on any atom is 0.192 e. The fraction of sp³-hybridized carbons (Fsp3) is 0.444. The minimum absolute atomic E-state index is 0.170. The Kier molecular flexibility index (Phi) is 5.91. The minimum Gasteiger partial charge on any atom is -0.300 e. The maximum absolute atomic E-state index is 12.0. The highest BCUT2D eigenvalue weighted by Gasteiger charge is 2.19. The smallest absolute Gasteiger partial charge is 0.192 e. The molecule has 1 saturated heterocycles. The van der Waals surface area contributed by atoms with Gasteiger partial charge < -0.3 is 4.90 Å². The molecule has 1 fully saturated rings. The molecule has 0 spiro atoms. The van der Waals surface area contributed by atoms with Gasteiger partial charge in [-0.05, 0) is 0 Å². The number of aromatic nitrogens is 1. The van der Waals surface area contributed by atoms with Crippen molar-refractivity contribution in [1.29, 1.82) is 0 Å². The average Bonchev–Trinajstić information content (AvgIpc) is 3.00. The first kappa shape index (κ1) is 16.3. The molecule has 3 rings (SSSR count). The third-order valence-electron chi connectivity index (χ3n) is 4.31. The second-order valence-electron chi connectivity index (χ2n) is 5.97. The third kappa shape index (κ3) is 4.96. The maximum atomic E-state index is 12.0. The molecule has 1 aliphatic heterocycles. The summed E-state index contributed by atoms with van der Waals surface area (Å²) in [4.78, 5) is 21.0. The molecule has 122 valence electrons. The normalized spacial score (nSPS) is 20.0. The van der Waals surface area contributed by atoms with E-state index >= 15 is 0 Å². The molecular formula is C18H23N3OS. The molecule has 0 radical (unpaired) electrons. The van der Waals surface area contributed by atoms with Gasteiger partial charge >= 0.3 is 0 Å². The number of hydrogen-bond donors (Lipinski definition) is 0. The van der Waals surface area contributed by atoms with Gasteiger partial charge in [0, 0.05) is 63.2 Å². The van der Waals surface area contributed by atoms with E-state index in [1.807, 2.05) is 5.38 Å². The molecule has 0 N–H and O–H groups in total. The number of hydrogen-bond acceptors (Lipinski definition) is 5. The van der Waals surface area contributed by atoms with Crippen LogP contribution in [0.4, 0.5) is 0 Å². The summed E-state index contributed by atoms with van der Waals surface area (Å²) in [7, 11) is 0. The summed E-state index contributed by atoms with van der Waals surface area (Å²) < 4.78 is 0. The Hall–Kier alpha value is -1.56. The second kappa shape index (κ2) is 8.34. The number of allylic oxidation sites excluding steroid dienone is 4. The predicted molar refractivity (Wildman–Crippen MR) is 94.9 cm³/mol. The lowest BCUT2D eigenvalue weighted by Gasteiger charge is -2.35. The molecule has 1 aliphatic carbocycles. The molecule has 5 heteroatoms. The Morgan fingerprint density at radius 2 is 1.78 bits per heavy atom. The summed E-state index contributed by atoms with van der Waals surface area (Å²) in [5, 5.41) is 2.50. The minimum atomic E-state index is 0.170. The number of piperazine rings is 1. The number of rotatable bonds is 6. The van der Waals surface area contributed by atoms with E-state index in [-0.39, 0.29) is 5.78 Å². The summed E-state index contributed by atoms with van der Waals surface area (Å²) in [5.41, 5.74) is 0. The number of nitrogens with zero attached hydrogens (tertiary/aromatic N) is 3. The van der Waals surface area contributed by atoms with Gasteiger partial charge in [-0.2, -0.15) is 0 Å². The molecule has 1 aromatic heterocycles. The van der Waals surface area contributed by atoms with Crippen LogP contribution in [-0.4, -0.2) is 59.8 Å². The zero-order valence-corrected chi connectivity index (χ0v) is 14.1. The molecule has 2 aliphatic rings. The zero-order chi connectivity index (χ0) is 15.9. The van der Waals surface area contributed by atoms with Crippen molar-refractivity contribution in [2.24, 2.45) is 5.92 Å². The van der Waals surface area contributed by atoms with Gasteiger partial charge in [-0.1, -0.05) is 36.5 Å². The lowest BCUT2D eigenvalue weighted by Crippen LogP contribution is -2.47. The summed E-state index contributed by atoms with van der Waals surface area (Å²) in [6, 6.07) is 0. The molecule has 0 aromatic carbocycles. The van der Waals surface area contributed by atoms with Crippen LogP contribution in [0.25, 0.3) is 0 Å². The topological polar surface area (TPSA) is 36.4 Å². The molecule has 4 nitrogen and oxygen atoms in total. The number of ketones is 1. The van der Waals surface area contributed by atoms with E-state index in [1.54, 1.807) is 6.20 Å². The SMILES string of the molecule is O=C(CCN1CCN(CC2C=CC=CC=C2)CC1)c1nccs1. The summed E-state index contributed by atoms with van der Waals surface area (Å²) in [6.45, 7) is 6.18. The van der Waals surface area contributed by atoms with E-state index in [0.29, 0.717) is 17.3 Å². The van der Waals surface area contributed by atoms with Crippen molar-refractivity contribution in [1.82, 2.24) is 14.8 Å². The van der Waals surface area contributed by atoms with Crippen molar-refractivity contribution in [2.75, 3.05) is 39.3 Å². The van der Waals surface area contributed by atoms with Crippen molar-refractivity contribution in [3.63, 3.8) is 0 Å². The molecule has 23 heavy (non-hydrogen) atoms. The van der Waals surface area contributed by atoms with E-state index in [9.17, 15) is 4.79 Å². The van der Waals surface area contributed by atoms with Gasteiger partial charge in [-0.15, -0.1) is 11.3 Å². The van der Waals surface area contributed by atoms with E-state index in [2.05, 4.69) is 51.2 Å². The first-order valence-electron chi connectivity index (χ1n) is 8.20. The zero-order valence-electron chi connectivity index (χ0n) is 13.3. The van der Waals surface area contributed by atoms with E-state index in [4.69, 9.17) is 0 Å². The van der Waals surface area contributed by atoms with Gasteiger partial charge in [0.05, 0.1) is 0 Å². The van der Waals surface area contributed by atoms with Crippen LogP contribution in [0, 0.1) is 5.92 Å². The number of Topliss-reactive ketones (excluding diaryl/α,β-unsaturated/α-hetero) is 1. The van der Waals surface area contributed by atoms with Crippen molar-refractivity contribution in [3.05, 3.63) is 53.0 Å². The average molecular weight is 329 g/mol. The summed E-state index contributed by atoms with van der Waals surface area (Å²) >= 11 is 1.43. The van der Waals surface area contributed by atoms with Crippen molar-refractivity contribution in [2.45, 2.75) is 6.42 Å². The van der Waals surface area contributed by atoms with Gasteiger partial charge in [0.2, 0.25) is 0 Å². The van der Waals surface area contributed by atoms with Crippen LogP contribution in [0.2, 0.25) is 0 Å². The first-order valence-corrected chi connectivity index (χ1v) is 9.08. The van der Waals surface area contributed by atoms with E-state index < -0.39 is 0 Å². The number of carbonyl (C=O) groups is 1. The Morgan fingerprint density at radius 1 is 1.09 bits per heavy atom. The van der Waals surface area contributed by atoms with Gasteiger partial charge in [0.25, 0.3) is 0 Å². The molecule has 0 amide bonds. The van der Waals surface area contributed by atoms with Crippen molar-refractivity contribution >= 4 is 17.1 Å². The Labute approximate surface area is 141 Å². The number of thiazole rings is 1. The molecular weight excluding hydrogens is 306 g/mol. The van der Waals surface area contributed by atoms with E-state index in [0.717, 1.165) is 39.3 Å². The molecule has 0 unspecified atom stereocenters. The monoisotopic (exact) mass is 329 g/mol. The van der Waals surface area contributed by atoms with E-state index in [1.165, 1.54) is 11.3 Å². The highest BCUT2D eigenvalue weighted by Crippen LogP contribution is 2.12. The third-order valence-corrected chi connectivity index (χ3v) is 5.12. The van der Waals surface area contributed by atoms with Crippen LogP contribution in [0.3, 0.4) is 0 Å². The molecule has 0 atom stereocenters. The Balaban J connectivity index is 1.38. The highest BCUT2D eigenvalue weighted by molar-refractivity contribution is 7.11. The van der Waals surface area contributed by atoms with Gasteiger partial charge in [0.15, 0.2) is 10.8 Å². The largest absolute Gasteiger partial charge is 0.300 e. The van der Waals surface area contributed by atoms with Gasteiger partial charge in [-0.3, -0.25) is 9.69 Å². The molecule has 0 saturated carbocycles. The van der Waals surface area contributed by atoms with Gasteiger partial charge in [-0.25, -0.2) is 4.98 Å². The molecule has 1 aromatic rings. The second-order valence-corrected chi connectivity index (χ2v) is 6.87. The molecule has 0 bridgehead atoms. The van der Waals surface area contributed by atoms with Crippen LogP contribution in [0.5, 0.6) is 0 Å². The van der Waals surface area contributed by atoms with Crippen molar-refractivity contribution in [3.8, 4) is 0 Å². The Morgan fingerprint density at radius 3 is 2.43 bits per heavy atom. The van der Waals surface area contributed by atoms with Crippen LogP contribution in [-0.2, 0) is 0 Å². The standard InChI is InChI=1S/C18H23N3OS/c22-17(18-19-8-14-23-18)7-9-20-10-12-21(13-11-20)15-16-5-3-1-2-4-6-16/h1-6,8,14,16H,7,9-13,15H2. The summed E-state index contributed by atoms with van der Waals surface area (Å²) in [5.74, 6) is 0.673. The van der Waals surface area contributed by atoms with Crippen LogP contribution in [0.15, 0.2) is 48.0 Å². The first-order chi connectivity index (χ1) is 11.3. The number of carbonyl (C=O) groups excluding carboxylic acids is 1. The predicted octanol–water partition coefficient (Wildman–Crippen LogP) is 2.63. The van der Waals surface area contributed by atoms with Crippen molar-refractivity contribution < 1.29 is 4.79 Å². The van der Waals surface area contributed by atoms with Crippen LogP contribution in [0.1, 0.15) is 16.2 Å². The lowest BCUT2D eigenvalue weighted by molar-refractivity contribution is 0.0924. The highest BCUT2D eigenvalue weighted by atomic mass is 32.1. The molecule has 2 heterocycles. The summed E-state index contributed by atoms with van der Waals surface area (Å²) in [6.07, 6.45) is 15.2. The Bertz CT molecular complexity index is 567. The quantitative estimate of drug-likeness (QED) is 0.752. The fourth-order valence-electron chi connectivity index (χ4n) is 2.95. The fourth-order valence-corrected chi connectivity index (χ4v) is 3.56.